The summed E-state index contributed by atoms with van der Waals surface area (Å²) in [6.07, 6.45) is 2.18. The van der Waals surface area contributed by atoms with E-state index in [0.717, 1.165) is 18.4 Å². The van der Waals surface area contributed by atoms with E-state index in [4.69, 9.17) is 0 Å². The number of likely N-dealkylation sites (tertiary alicyclic amines) is 1. The summed E-state index contributed by atoms with van der Waals surface area (Å²) in [4.78, 5) is 27.7. The fourth-order valence-corrected chi connectivity index (χ4v) is 3.71. The van der Waals surface area contributed by atoms with E-state index in [1.54, 1.807) is 24.0 Å². The summed E-state index contributed by atoms with van der Waals surface area (Å²) in [5.74, 6) is -0.822. The van der Waals surface area contributed by atoms with Crippen molar-refractivity contribution < 1.29 is 14.0 Å². The molecule has 4 rings (SSSR count). The second kappa shape index (κ2) is 5.94. The summed E-state index contributed by atoms with van der Waals surface area (Å²) >= 11 is 0. The minimum Gasteiger partial charge on any atom is -0.327 e. The van der Waals surface area contributed by atoms with Gasteiger partial charge < -0.3 is 10.2 Å². The first-order valence-corrected chi connectivity index (χ1v) is 8.91. The molecule has 1 unspecified atom stereocenters. The van der Waals surface area contributed by atoms with Gasteiger partial charge in [0, 0.05) is 6.54 Å². The molecule has 1 aliphatic carbocycles. The van der Waals surface area contributed by atoms with E-state index in [-0.39, 0.29) is 17.5 Å². The van der Waals surface area contributed by atoms with Crippen molar-refractivity contribution in [1.29, 1.82) is 0 Å². The Morgan fingerprint density at radius 2 is 1.65 bits per heavy atom. The minimum absolute atomic E-state index is 0.00105. The number of nitrogens with one attached hydrogen (secondary N) is 1. The van der Waals surface area contributed by atoms with Crippen LogP contribution in [-0.2, 0) is 15.0 Å². The summed E-state index contributed by atoms with van der Waals surface area (Å²) in [6, 6.07) is 15.8. The first kappa shape index (κ1) is 16.8. The average molecular weight is 352 g/mol. The fourth-order valence-electron chi connectivity index (χ4n) is 3.71. The first-order valence-electron chi connectivity index (χ1n) is 8.91. The molecule has 1 aliphatic heterocycles. The van der Waals surface area contributed by atoms with Gasteiger partial charge in [-0.25, -0.2) is 4.39 Å². The van der Waals surface area contributed by atoms with Crippen molar-refractivity contribution in [3.8, 4) is 0 Å². The highest BCUT2D eigenvalue weighted by atomic mass is 19.1. The second-order valence-electron chi connectivity index (χ2n) is 7.36. The predicted octanol–water partition coefficient (Wildman–Crippen LogP) is 3.49. The quantitative estimate of drug-likeness (QED) is 0.916. The smallest absolute Gasteiger partial charge is 0.250 e. The van der Waals surface area contributed by atoms with Crippen LogP contribution in [0.2, 0.25) is 0 Å². The number of para-hydroxylation sites is 1. The van der Waals surface area contributed by atoms with Gasteiger partial charge in [-0.15, -0.1) is 0 Å². The second-order valence-corrected chi connectivity index (χ2v) is 7.36. The summed E-state index contributed by atoms with van der Waals surface area (Å²) < 4.78 is 13.8. The Balaban J connectivity index is 1.54. The number of rotatable bonds is 4. The molecule has 5 heteroatoms. The number of amides is 2. The zero-order valence-corrected chi connectivity index (χ0v) is 14.7. The Kier molecular flexibility index (Phi) is 3.83. The Bertz CT molecular complexity index is 863. The molecule has 1 saturated carbocycles. The third-order valence-electron chi connectivity index (χ3n) is 5.76. The Hall–Kier alpha value is -2.69. The third kappa shape index (κ3) is 2.50. The van der Waals surface area contributed by atoms with Crippen LogP contribution in [0.3, 0.4) is 0 Å². The molecule has 0 aromatic heterocycles. The topological polar surface area (TPSA) is 49.4 Å². The summed E-state index contributed by atoms with van der Waals surface area (Å²) in [6.45, 7) is 2.31. The van der Waals surface area contributed by atoms with E-state index in [1.807, 2.05) is 30.3 Å². The zero-order chi connectivity index (χ0) is 18.4. The van der Waals surface area contributed by atoms with Gasteiger partial charge in [0.25, 0.3) is 0 Å². The number of hydrogen-bond acceptors (Lipinski definition) is 2. The van der Waals surface area contributed by atoms with Crippen LogP contribution in [0.25, 0.3) is 0 Å². The number of nitrogens with zero attached hydrogens (tertiary/aromatic N) is 1. The highest BCUT2D eigenvalue weighted by Gasteiger charge is 2.59. The maximum absolute atomic E-state index is 13.8. The van der Waals surface area contributed by atoms with Gasteiger partial charge in [0.15, 0.2) is 0 Å². The van der Waals surface area contributed by atoms with Crippen LogP contribution in [0.15, 0.2) is 54.6 Å². The molecule has 2 aromatic rings. The van der Waals surface area contributed by atoms with Crippen LogP contribution in [0.5, 0.6) is 0 Å². The lowest BCUT2D eigenvalue weighted by Gasteiger charge is -2.50. The Morgan fingerprint density at radius 3 is 2.23 bits per heavy atom. The van der Waals surface area contributed by atoms with Gasteiger partial charge in [-0.3, -0.25) is 9.59 Å². The van der Waals surface area contributed by atoms with Crippen LogP contribution < -0.4 is 5.32 Å². The zero-order valence-electron chi connectivity index (χ0n) is 14.7. The number of benzene rings is 2. The highest BCUT2D eigenvalue weighted by Crippen LogP contribution is 2.51. The standard InChI is InChI=1S/C21H21FN2O2/c1-20(18(25)23-17-10-6-5-9-16(17)22)13-14-24(20)19(26)21(11-12-21)15-7-3-2-4-8-15/h2-10H,11-14H2,1H3,(H,23,25). The SMILES string of the molecule is CC1(C(=O)Nc2ccccc2F)CCN1C(=O)C1(c2ccccc2)CC1. The maximum atomic E-state index is 13.8. The number of carbonyl (C=O) groups is 2. The molecule has 2 fully saturated rings. The number of anilines is 1. The van der Waals surface area contributed by atoms with E-state index in [0.29, 0.717) is 13.0 Å². The number of hydrogen-bond donors (Lipinski definition) is 1. The third-order valence-corrected chi connectivity index (χ3v) is 5.76. The van der Waals surface area contributed by atoms with Crippen LogP contribution in [0.1, 0.15) is 31.7 Å². The lowest BCUT2D eigenvalue weighted by molar-refractivity contribution is -0.156. The Morgan fingerprint density at radius 1 is 1.00 bits per heavy atom. The molecule has 0 bridgehead atoms. The van der Waals surface area contributed by atoms with Gasteiger partial charge in [0.2, 0.25) is 11.8 Å². The van der Waals surface area contributed by atoms with Gasteiger partial charge in [0.05, 0.1) is 11.1 Å². The van der Waals surface area contributed by atoms with Gasteiger partial charge >= 0.3 is 0 Å². The highest BCUT2D eigenvalue weighted by molar-refractivity contribution is 6.03. The average Bonchev–Trinajstić information content (AvgIpc) is 3.45. The molecule has 0 radical (unpaired) electrons. The fraction of sp³-hybridized carbons (Fsp3) is 0.333. The predicted molar refractivity (Wildman–Crippen MR) is 97.1 cm³/mol. The minimum atomic E-state index is -0.941. The normalized spacial score (nSPS) is 23.1. The van der Waals surface area contributed by atoms with Crippen LogP contribution in [-0.4, -0.2) is 28.8 Å². The molecular weight excluding hydrogens is 331 g/mol. The molecule has 2 amide bonds. The lowest BCUT2D eigenvalue weighted by Crippen LogP contribution is -2.67. The summed E-state index contributed by atoms with van der Waals surface area (Å²) in [5.41, 5.74) is -0.290. The van der Waals surface area contributed by atoms with E-state index in [1.165, 1.54) is 12.1 Å². The monoisotopic (exact) mass is 352 g/mol. The molecule has 134 valence electrons. The van der Waals surface area contributed by atoms with Crippen molar-refractivity contribution in [2.45, 2.75) is 37.1 Å². The van der Waals surface area contributed by atoms with E-state index < -0.39 is 16.8 Å². The van der Waals surface area contributed by atoms with Crippen molar-refractivity contribution in [3.05, 3.63) is 66.0 Å². The van der Waals surface area contributed by atoms with Crippen molar-refractivity contribution in [2.75, 3.05) is 11.9 Å². The molecule has 4 nitrogen and oxygen atoms in total. The molecule has 2 aromatic carbocycles. The van der Waals surface area contributed by atoms with Crippen molar-refractivity contribution in [1.82, 2.24) is 4.90 Å². The lowest BCUT2D eigenvalue weighted by atomic mass is 9.82. The maximum Gasteiger partial charge on any atom is 0.250 e. The first-order chi connectivity index (χ1) is 12.5. The molecule has 1 atom stereocenters. The van der Waals surface area contributed by atoms with Gasteiger partial charge in [-0.05, 0) is 43.9 Å². The van der Waals surface area contributed by atoms with Crippen molar-refractivity contribution in [2.24, 2.45) is 0 Å². The van der Waals surface area contributed by atoms with Crippen LogP contribution in [0.4, 0.5) is 10.1 Å². The van der Waals surface area contributed by atoms with E-state index in [2.05, 4.69) is 5.32 Å². The largest absolute Gasteiger partial charge is 0.327 e. The molecule has 1 heterocycles. The molecule has 1 N–H and O–H groups in total. The molecule has 0 spiro atoms. The van der Waals surface area contributed by atoms with Gasteiger partial charge in [0.1, 0.15) is 11.4 Å². The van der Waals surface area contributed by atoms with Gasteiger partial charge in [-0.2, -0.15) is 0 Å². The molecular formula is C21H21FN2O2. The van der Waals surface area contributed by atoms with Crippen LogP contribution in [0, 0.1) is 5.82 Å². The number of halogens is 1. The van der Waals surface area contributed by atoms with Crippen LogP contribution >= 0.6 is 0 Å². The summed E-state index contributed by atoms with van der Waals surface area (Å²) in [7, 11) is 0. The van der Waals surface area contributed by atoms with E-state index >= 15 is 0 Å². The molecule has 26 heavy (non-hydrogen) atoms. The van der Waals surface area contributed by atoms with Crippen molar-refractivity contribution >= 4 is 17.5 Å². The molecule has 2 aliphatic rings. The van der Waals surface area contributed by atoms with Gasteiger partial charge in [-0.1, -0.05) is 42.5 Å². The summed E-state index contributed by atoms with van der Waals surface area (Å²) in [5, 5.41) is 2.64. The number of carbonyl (C=O) groups excluding carboxylic acids is 2. The van der Waals surface area contributed by atoms with E-state index in [9.17, 15) is 14.0 Å². The molecule has 1 saturated heterocycles. The Labute approximate surface area is 152 Å². The van der Waals surface area contributed by atoms with Crippen molar-refractivity contribution in [3.63, 3.8) is 0 Å².